The molecular formula is C25H32N2O8. The SMILES string of the molecule is C#Cc1ccc(C2O[C@@H](C(=O)N[C@@H](CCCC)C(=O)O)[C@H](C(=O)N[C@@H](CCCC)C(=O)O)O2)cc1. The number of unbranched alkanes of at least 4 members (excludes halogenated alkanes) is 2. The lowest BCUT2D eigenvalue weighted by molar-refractivity contribution is -0.146. The van der Waals surface area contributed by atoms with Crippen molar-refractivity contribution in [1.82, 2.24) is 10.6 Å². The van der Waals surface area contributed by atoms with Gasteiger partial charge in [0, 0.05) is 11.1 Å². The number of hydrogen-bond acceptors (Lipinski definition) is 6. The number of ether oxygens (including phenoxy) is 2. The summed E-state index contributed by atoms with van der Waals surface area (Å²) in [5, 5.41) is 23.7. The summed E-state index contributed by atoms with van der Waals surface area (Å²) >= 11 is 0. The molecule has 1 aromatic rings. The molecule has 10 heteroatoms. The minimum Gasteiger partial charge on any atom is -0.480 e. The van der Waals surface area contributed by atoms with Crippen LogP contribution in [-0.2, 0) is 28.7 Å². The number of hydrogen-bond donors (Lipinski definition) is 4. The largest absolute Gasteiger partial charge is 0.480 e. The summed E-state index contributed by atoms with van der Waals surface area (Å²) < 4.78 is 11.5. The third-order valence-electron chi connectivity index (χ3n) is 5.60. The van der Waals surface area contributed by atoms with Crippen LogP contribution in [0.25, 0.3) is 0 Å². The Kier molecular flexibility index (Phi) is 10.7. The predicted octanol–water partition coefficient (Wildman–Crippen LogP) is 1.97. The van der Waals surface area contributed by atoms with Crippen molar-refractivity contribution in [3.05, 3.63) is 35.4 Å². The van der Waals surface area contributed by atoms with Gasteiger partial charge in [-0.25, -0.2) is 9.59 Å². The fourth-order valence-electron chi connectivity index (χ4n) is 3.57. The van der Waals surface area contributed by atoms with Crippen molar-refractivity contribution < 1.29 is 38.9 Å². The van der Waals surface area contributed by atoms with Crippen LogP contribution in [0.1, 0.15) is 69.8 Å². The molecule has 1 saturated heterocycles. The van der Waals surface area contributed by atoms with E-state index in [9.17, 15) is 29.4 Å². The maximum atomic E-state index is 13.0. The highest BCUT2D eigenvalue weighted by Gasteiger charge is 2.47. The minimum atomic E-state index is -1.49. The topological polar surface area (TPSA) is 151 Å². The van der Waals surface area contributed by atoms with E-state index in [2.05, 4.69) is 16.6 Å². The van der Waals surface area contributed by atoms with E-state index in [0.29, 0.717) is 24.0 Å². The van der Waals surface area contributed by atoms with Gasteiger partial charge in [0.15, 0.2) is 18.5 Å². The van der Waals surface area contributed by atoms with Gasteiger partial charge in [-0.05, 0) is 25.0 Å². The number of carboxylic acids is 2. The first-order valence-electron chi connectivity index (χ1n) is 11.7. The molecule has 1 aromatic carbocycles. The van der Waals surface area contributed by atoms with Crippen LogP contribution in [0, 0.1) is 12.3 Å². The molecule has 0 spiro atoms. The average Bonchev–Trinajstić information content (AvgIpc) is 3.29. The van der Waals surface area contributed by atoms with Gasteiger partial charge < -0.3 is 30.3 Å². The molecule has 1 aliphatic heterocycles. The highest BCUT2D eigenvalue weighted by atomic mass is 16.7. The average molecular weight is 489 g/mol. The highest BCUT2D eigenvalue weighted by molar-refractivity contribution is 5.94. The number of carbonyl (C=O) groups excluding carboxylic acids is 2. The number of amides is 2. The Bertz CT molecular complexity index is 892. The number of carboxylic acid groups (broad SMARTS) is 2. The predicted molar refractivity (Wildman–Crippen MR) is 125 cm³/mol. The van der Waals surface area contributed by atoms with E-state index in [0.717, 1.165) is 12.8 Å². The van der Waals surface area contributed by atoms with Crippen LogP contribution in [0.5, 0.6) is 0 Å². The first-order chi connectivity index (χ1) is 16.7. The van der Waals surface area contributed by atoms with E-state index in [1.807, 2.05) is 13.8 Å². The zero-order valence-corrected chi connectivity index (χ0v) is 19.9. The molecule has 4 atom stereocenters. The Balaban J connectivity index is 2.26. The summed E-state index contributed by atoms with van der Waals surface area (Å²) in [5.74, 6) is -1.62. The van der Waals surface area contributed by atoms with Gasteiger partial charge in [-0.3, -0.25) is 9.59 Å². The maximum absolute atomic E-state index is 13.0. The summed E-state index contributed by atoms with van der Waals surface area (Å²) in [6.07, 6.45) is 4.30. The van der Waals surface area contributed by atoms with E-state index in [4.69, 9.17) is 15.9 Å². The number of aliphatic carboxylic acids is 2. The molecule has 190 valence electrons. The summed E-state index contributed by atoms with van der Waals surface area (Å²) in [6.45, 7) is 3.78. The van der Waals surface area contributed by atoms with E-state index in [1.54, 1.807) is 24.3 Å². The van der Waals surface area contributed by atoms with Crippen LogP contribution in [0.15, 0.2) is 24.3 Å². The molecule has 0 aliphatic carbocycles. The Morgan fingerprint density at radius 2 is 1.31 bits per heavy atom. The van der Waals surface area contributed by atoms with E-state index >= 15 is 0 Å². The molecular weight excluding hydrogens is 456 g/mol. The van der Waals surface area contributed by atoms with Gasteiger partial charge in [-0.2, -0.15) is 0 Å². The van der Waals surface area contributed by atoms with Gasteiger partial charge in [0.25, 0.3) is 11.8 Å². The molecule has 2 rings (SSSR count). The van der Waals surface area contributed by atoms with Crippen LogP contribution in [0.4, 0.5) is 0 Å². The minimum absolute atomic E-state index is 0.205. The molecule has 10 nitrogen and oxygen atoms in total. The normalized spacial score (nSPS) is 19.3. The molecule has 0 bridgehead atoms. The molecule has 0 aromatic heterocycles. The molecule has 2 amide bonds. The van der Waals surface area contributed by atoms with Crippen molar-refractivity contribution in [3.8, 4) is 12.3 Å². The van der Waals surface area contributed by atoms with Gasteiger partial charge in [-0.15, -0.1) is 6.42 Å². The Morgan fingerprint density at radius 3 is 1.66 bits per heavy atom. The summed E-state index contributed by atoms with van der Waals surface area (Å²) in [7, 11) is 0. The first kappa shape index (κ1) is 27.8. The summed E-state index contributed by atoms with van der Waals surface area (Å²) in [5.41, 5.74) is 1.09. The molecule has 1 fully saturated rings. The summed E-state index contributed by atoms with van der Waals surface area (Å²) in [4.78, 5) is 49.2. The number of terminal acetylenes is 1. The zero-order chi connectivity index (χ0) is 26.0. The lowest BCUT2D eigenvalue weighted by atomic mass is 10.1. The molecule has 0 unspecified atom stereocenters. The second-order valence-electron chi connectivity index (χ2n) is 8.29. The Labute approximate surface area is 204 Å². The van der Waals surface area contributed by atoms with Gasteiger partial charge >= 0.3 is 11.9 Å². The van der Waals surface area contributed by atoms with Crippen LogP contribution >= 0.6 is 0 Å². The summed E-state index contributed by atoms with van der Waals surface area (Å²) in [6, 6.07) is 4.19. The lowest BCUT2D eigenvalue weighted by Crippen LogP contribution is -2.53. The number of carbonyl (C=O) groups is 4. The quantitative estimate of drug-likeness (QED) is 0.308. The molecule has 0 saturated carbocycles. The second kappa shape index (κ2) is 13.5. The van der Waals surface area contributed by atoms with E-state index in [1.165, 1.54) is 0 Å². The first-order valence-corrected chi connectivity index (χ1v) is 11.7. The molecule has 4 N–H and O–H groups in total. The van der Waals surface area contributed by atoms with Gasteiger partial charge in [0.05, 0.1) is 0 Å². The third kappa shape index (κ3) is 7.80. The van der Waals surface area contributed by atoms with Crippen molar-refractivity contribution in [2.45, 2.75) is 83.0 Å². The fraction of sp³-hybridized carbons (Fsp3) is 0.520. The molecule has 0 radical (unpaired) electrons. The second-order valence-corrected chi connectivity index (χ2v) is 8.29. The monoisotopic (exact) mass is 488 g/mol. The number of benzene rings is 1. The molecule has 35 heavy (non-hydrogen) atoms. The zero-order valence-electron chi connectivity index (χ0n) is 19.9. The van der Waals surface area contributed by atoms with Gasteiger partial charge in [-0.1, -0.05) is 57.6 Å². The van der Waals surface area contributed by atoms with Crippen molar-refractivity contribution in [3.63, 3.8) is 0 Å². The number of rotatable bonds is 13. The van der Waals surface area contributed by atoms with Crippen molar-refractivity contribution in [1.29, 1.82) is 0 Å². The van der Waals surface area contributed by atoms with Crippen LogP contribution < -0.4 is 10.6 Å². The van der Waals surface area contributed by atoms with Gasteiger partial charge in [0.2, 0.25) is 0 Å². The Morgan fingerprint density at radius 1 is 0.886 bits per heavy atom. The van der Waals surface area contributed by atoms with Crippen molar-refractivity contribution in [2.24, 2.45) is 0 Å². The molecule has 1 heterocycles. The van der Waals surface area contributed by atoms with Gasteiger partial charge in [0.1, 0.15) is 12.1 Å². The van der Waals surface area contributed by atoms with Crippen LogP contribution in [-0.4, -0.2) is 58.3 Å². The lowest BCUT2D eigenvalue weighted by Gasteiger charge is -2.21. The molecule has 1 aliphatic rings. The Hall–Kier alpha value is -3.42. The fourth-order valence-corrected chi connectivity index (χ4v) is 3.57. The maximum Gasteiger partial charge on any atom is 0.326 e. The van der Waals surface area contributed by atoms with Crippen LogP contribution in [0.2, 0.25) is 0 Å². The van der Waals surface area contributed by atoms with Crippen molar-refractivity contribution in [2.75, 3.05) is 0 Å². The third-order valence-corrected chi connectivity index (χ3v) is 5.60. The highest BCUT2D eigenvalue weighted by Crippen LogP contribution is 2.32. The standard InChI is InChI=1S/C25H32N2O8/c1-4-7-9-17(23(30)31)26-21(28)19-20(22(29)27-18(24(32)33)10-8-5-2)35-25(34-19)16-13-11-15(6-3)12-14-16/h3,11-14,17-20,25H,4-5,7-10H2,1-2H3,(H,26,28)(H,27,29)(H,30,31)(H,32,33)/t17-,18-,19+,20+/m0/s1. The smallest absolute Gasteiger partial charge is 0.326 e. The number of nitrogens with one attached hydrogen (secondary N) is 2. The van der Waals surface area contributed by atoms with Crippen LogP contribution in [0.3, 0.4) is 0 Å². The van der Waals surface area contributed by atoms with E-state index < -0.39 is 54.3 Å². The van der Waals surface area contributed by atoms with Crippen molar-refractivity contribution >= 4 is 23.8 Å². The van der Waals surface area contributed by atoms with E-state index in [-0.39, 0.29) is 12.8 Å².